The van der Waals surface area contributed by atoms with Gasteiger partial charge in [0.2, 0.25) is 0 Å². The van der Waals surface area contributed by atoms with Crippen molar-refractivity contribution in [2.45, 2.75) is 25.7 Å². The van der Waals surface area contributed by atoms with Crippen molar-refractivity contribution in [1.82, 2.24) is 9.78 Å². The summed E-state index contributed by atoms with van der Waals surface area (Å²) in [5, 5.41) is 7.80. The number of rotatable bonds is 4. The standard InChI is InChI=1S/C15H19N3/c1-2-6-13(5-1)12-16-14-7-3-8-15(11-14)18-10-4-9-17-18/h3-4,7-11,13,16H,1-2,5-6,12H2. The molecule has 1 aromatic carbocycles. The minimum Gasteiger partial charge on any atom is -0.385 e. The summed E-state index contributed by atoms with van der Waals surface area (Å²) in [5.41, 5.74) is 2.30. The summed E-state index contributed by atoms with van der Waals surface area (Å²) in [6.45, 7) is 1.10. The van der Waals surface area contributed by atoms with Gasteiger partial charge in [0.15, 0.2) is 0 Å². The third-order valence-corrected chi connectivity index (χ3v) is 3.68. The van der Waals surface area contributed by atoms with E-state index in [0.717, 1.165) is 18.2 Å². The van der Waals surface area contributed by atoms with Gasteiger partial charge in [0, 0.05) is 24.6 Å². The molecule has 18 heavy (non-hydrogen) atoms. The monoisotopic (exact) mass is 241 g/mol. The fraction of sp³-hybridized carbons (Fsp3) is 0.400. The van der Waals surface area contributed by atoms with Gasteiger partial charge >= 0.3 is 0 Å². The van der Waals surface area contributed by atoms with Crippen LogP contribution in [0.15, 0.2) is 42.7 Å². The van der Waals surface area contributed by atoms with Crippen LogP contribution in [0, 0.1) is 5.92 Å². The van der Waals surface area contributed by atoms with Crippen molar-refractivity contribution in [1.29, 1.82) is 0 Å². The Kier molecular flexibility index (Phi) is 3.31. The topological polar surface area (TPSA) is 29.9 Å². The maximum atomic E-state index is 4.25. The lowest BCUT2D eigenvalue weighted by molar-refractivity contribution is 0.580. The molecule has 3 rings (SSSR count). The van der Waals surface area contributed by atoms with E-state index >= 15 is 0 Å². The molecule has 1 heterocycles. The van der Waals surface area contributed by atoms with E-state index in [9.17, 15) is 0 Å². The molecule has 0 radical (unpaired) electrons. The van der Waals surface area contributed by atoms with Crippen molar-refractivity contribution in [3.8, 4) is 5.69 Å². The number of nitrogens with one attached hydrogen (secondary N) is 1. The number of anilines is 1. The van der Waals surface area contributed by atoms with Crippen LogP contribution in [0.5, 0.6) is 0 Å². The summed E-state index contributed by atoms with van der Waals surface area (Å²) in [6.07, 6.45) is 9.34. The Morgan fingerprint density at radius 1 is 1.22 bits per heavy atom. The minimum atomic E-state index is 0.860. The van der Waals surface area contributed by atoms with Gasteiger partial charge in [-0.1, -0.05) is 18.9 Å². The van der Waals surface area contributed by atoms with E-state index in [1.807, 2.05) is 16.9 Å². The van der Waals surface area contributed by atoms with Gasteiger partial charge in [0.25, 0.3) is 0 Å². The van der Waals surface area contributed by atoms with E-state index in [0.29, 0.717) is 0 Å². The van der Waals surface area contributed by atoms with Gasteiger partial charge in [-0.15, -0.1) is 0 Å². The Labute approximate surface area is 108 Å². The van der Waals surface area contributed by atoms with E-state index < -0.39 is 0 Å². The maximum absolute atomic E-state index is 4.25. The molecule has 3 heteroatoms. The zero-order valence-corrected chi connectivity index (χ0v) is 10.5. The molecule has 1 fully saturated rings. The Bertz CT molecular complexity index is 484. The first-order chi connectivity index (χ1) is 8.92. The van der Waals surface area contributed by atoms with E-state index in [1.165, 1.54) is 31.4 Å². The van der Waals surface area contributed by atoms with Gasteiger partial charge in [-0.05, 0) is 43.0 Å². The third-order valence-electron chi connectivity index (χ3n) is 3.68. The summed E-state index contributed by atoms with van der Waals surface area (Å²) in [4.78, 5) is 0. The summed E-state index contributed by atoms with van der Waals surface area (Å²) in [6, 6.07) is 10.4. The highest BCUT2D eigenvalue weighted by Crippen LogP contribution is 2.25. The van der Waals surface area contributed by atoms with Crippen LogP contribution in [0.2, 0.25) is 0 Å². The average molecular weight is 241 g/mol. The highest BCUT2D eigenvalue weighted by atomic mass is 15.3. The second-order valence-corrected chi connectivity index (χ2v) is 5.03. The lowest BCUT2D eigenvalue weighted by Crippen LogP contribution is -2.11. The molecule has 0 atom stereocenters. The fourth-order valence-electron chi connectivity index (χ4n) is 2.66. The molecule has 94 valence electrons. The van der Waals surface area contributed by atoms with Crippen molar-refractivity contribution >= 4 is 5.69 Å². The molecule has 0 aliphatic heterocycles. The third kappa shape index (κ3) is 2.55. The molecular formula is C15H19N3. The van der Waals surface area contributed by atoms with Crippen LogP contribution < -0.4 is 5.32 Å². The van der Waals surface area contributed by atoms with Gasteiger partial charge in [-0.25, -0.2) is 4.68 Å². The van der Waals surface area contributed by atoms with E-state index in [2.05, 4.69) is 34.7 Å². The second-order valence-electron chi connectivity index (χ2n) is 5.03. The molecule has 1 saturated carbocycles. The number of hydrogen-bond acceptors (Lipinski definition) is 2. The summed E-state index contributed by atoms with van der Waals surface area (Å²) >= 11 is 0. The number of aromatic nitrogens is 2. The van der Waals surface area contributed by atoms with Crippen molar-refractivity contribution in [2.24, 2.45) is 5.92 Å². The van der Waals surface area contributed by atoms with E-state index in [1.54, 1.807) is 6.20 Å². The number of benzene rings is 1. The molecule has 1 N–H and O–H groups in total. The van der Waals surface area contributed by atoms with Crippen molar-refractivity contribution < 1.29 is 0 Å². The molecule has 0 spiro atoms. The zero-order chi connectivity index (χ0) is 12.2. The first-order valence-electron chi connectivity index (χ1n) is 6.76. The summed E-state index contributed by atoms with van der Waals surface area (Å²) in [5.74, 6) is 0.860. The maximum Gasteiger partial charge on any atom is 0.0666 e. The SMILES string of the molecule is c1cc(NCC2CCCC2)cc(-n2cccn2)c1. The number of nitrogens with zero attached hydrogens (tertiary/aromatic N) is 2. The minimum absolute atomic E-state index is 0.860. The van der Waals surface area contributed by atoms with Crippen molar-refractivity contribution in [3.05, 3.63) is 42.7 Å². The van der Waals surface area contributed by atoms with Crippen molar-refractivity contribution in [2.75, 3.05) is 11.9 Å². The molecule has 1 aromatic heterocycles. The van der Waals surface area contributed by atoms with E-state index in [-0.39, 0.29) is 0 Å². The van der Waals surface area contributed by atoms with Crippen LogP contribution in [-0.2, 0) is 0 Å². The van der Waals surface area contributed by atoms with Gasteiger partial charge in [0.05, 0.1) is 5.69 Å². The fourth-order valence-corrected chi connectivity index (χ4v) is 2.66. The predicted molar refractivity (Wildman–Crippen MR) is 74.0 cm³/mol. The first kappa shape index (κ1) is 11.3. The molecule has 0 bridgehead atoms. The van der Waals surface area contributed by atoms with Crippen LogP contribution in [0.4, 0.5) is 5.69 Å². The van der Waals surface area contributed by atoms with Crippen LogP contribution in [-0.4, -0.2) is 16.3 Å². The van der Waals surface area contributed by atoms with Crippen LogP contribution >= 0.6 is 0 Å². The Morgan fingerprint density at radius 3 is 2.89 bits per heavy atom. The lowest BCUT2D eigenvalue weighted by Gasteiger charge is -2.12. The number of hydrogen-bond donors (Lipinski definition) is 1. The quantitative estimate of drug-likeness (QED) is 0.888. The molecular weight excluding hydrogens is 222 g/mol. The molecule has 1 aliphatic rings. The summed E-state index contributed by atoms with van der Waals surface area (Å²) in [7, 11) is 0. The van der Waals surface area contributed by atoms with Gasteiger partial charge in [0.1, 0.15) is 0 Å². The van der Waals surface area contributed by atoms with Gasteiger partial charge in [-0.2, -0.15) is 5.10 Å². The second kappa shape index (κ2) is 5.25. The highest BCUT2D eigenvalue weighted by molar-refractivity contribution is 5.50. The van der Waals surface area contributed by atoms with Crippen LogP contribution in [0.25, 0.3) is 5.69 Å². The van der Waals surface area contributed by atoms with Crippen LogP contribution in [0.3, 0.4) is 0 Å². The molecule has 3 nitrogen and oxygen atoms in total. The lowest BCUT2D eigenvalue weighted by atomic mass is 10.1. The molecule has 0 amide bonds. The smallest absolute Gasteiger partial charge is 0.0666 e. The Morgan fingerprint density at radius 2 is 2.11 bits per heavy atom. The molecule has 0 unspecified atom stereocenters. The van der Waals surface area contributed by atoms with Gasteiger partial charge < -0.3 is 5.32 Å². The highest BCUT2D eigenvalue weighted by Gasteiger charge is 2.14. The normalized spacial score (nSPS) is 16.0. The predicted octanol–water partition coefficient (Wildman–Crippen LogP) is 3.47. The summed E-state index contributed by atoms with van der Waals surface area (Å²) < 4.78 is 1.89. The Balaban J connectivity index is 1.67. The van der Waals surface area contributed by atoms with Crippen molar-refractivity contribution in [3.63, 3.8) is 0 Å². The van der Waals surface area contributed by atoms with Gasteiger partial charge in [-0.3, -0.25) is 0 Å². The van der Waals surface area contributed by atoms with E-state index in [4.69, 9.17) is 0 Å². The molecule has 1 aliphatic carbocycles. The molecule has 0 saturated heterocycles. The first-order valence-corrected chi connectivity index (χ1v) is 6.76. The largest absolute Gasteiger partial charge is 0.385 e. The average Bonchev–Trinajstić information content (AvgIpc) is 3.10. The van der Waals surface area contributed by atoms with Crippen LogP contribution in [0.1, 0.15) is 25.7 Å². The zero-order valence-electron chi connectivity index (χ0n) is 10.5. The molecule has 2 aromatic rings. The Hall–Kier alpha value is -1.77.